The number of hydrogen-bond donors (Lipinski definition) is 0. The highest BCUT2D eigenvalue weighted by Gasteiger charge is 2.33. The number of halogens is 3. The number of ether oxygens (including phenoxy) is 1. The van der Waals surface area contributed by atoms with Gasteiger partial charge in [-0.3, -0.25) is 0 Å². The van der Waals surface area contributed by atoms with E-state index in [9.17, 15) is 18.0 Å². The zero-order valence-corrected chi connectivity index (χ0v) is 13.3. The summed E-state index contributed by atoms with van der Waals surface area (Å²) in [6, 6.07) is 0. The number of piperidine rings is 1. The lowest BCUT2D eigenvalue weighted by Crippen LogP contribution is -2.41. The fraction of sp³-hybridized carbons (Fsp3) is 0.786. The van der Waals surface area contributed by atoms with Crippen LogP contribution in [0.25, 0.3) is 0 Å². The summed E-state index contributed by atoms with van der Waals surface area (Å²) in [6.45, 7) is 6.25. The predicted octanol–water partition coefficient (Wildman–Crippen LogP) is 3.29. The molecule has 0 spiro atoms. The van der Waals surface area contributed by atoms with E-state index >= 15 is 0 Å². The summed E-state index contributed by atoms with van der Waals surface area (Å²) in [6.07, 6.45) is -4.89. The molecule has 2 heterocycles. The van der Waals surface area contributed by atoms with E-state index in [0.717, 1.165) is 0 Å². The highest BCUT2D eigenvalue weighted by atomic mass is 19.4. The minimum absolute atomic E-state index is 0.136. The molecule has 130 valence electrons. The SMILES string of the molecule is CC(C)(C)OC(=O)N1CCC(c2nnc(CC(F)(F)F)o2)CC1. The Morgan fingerprint density at radius 1 is 1.26 bits per heavy atom. The smallest absolute Gasteiger partial charge is 0.410 e. The maximum Gasteiger partial charge on any atom is 0.410 e. The predicted molar refractivity (Wildman–Crippen MR) is 73.8 cm³/mol. The zero-order valence-electron chi connectivity index (χ0n) is 13.3. The summed E-state index contributed by atoms with van der Waals surface area (Å²) in [7, 11) is 0. The molecule has 1 aliphatic rings. The average molecular weight is 335 g/mol. The number of amides is 1. The second-order valence-electron chi connectivity index (χ2n) is 6.57. The summed E-state index contributed by atoms with van der Waals surface area (Å²) in [5.41, 5.74) is -0.563. The standard InChI is InChI=1S/C14H20F3N3O3/c1-13(2,3)23-12(21)20-6-4-9(5-7-20)11-19-18-10(22-11)8-14(15,16)17/h9H,4-8H2,1-3H3. The summed E-state index contributed by atoms with van der Waals surface area (Å²) in [5.74, 6) is -0.363. The first-order valence-corrected chi connectivity index (χ1v) is 7.40. The van der Waals surface area contributed by atoms with Crippen molar-refractivity contribution in [1.29, 1.82) is 0 Å². The van der Waals surface area contributed by atoms with Gasteiger partial charge < -0.3 is 14.1 Å². The average Bonchev–Trinajstić information content (AvgIpc) is 2.83. The lowest BCUT2D eigenvalue weighted by molar-refractivity contribution is -0.131. The Balaban J connectivity index is 1.88. The largest absolute Gasteiger partial charge is 0.444 e. The van der Waals surface area contributed by atoms with Gasteiger partial charge in [0.15, 0.2) is 0 Å². The molecule has 0 aliphatic carbocycles. The first-order valence-electron chi connectivity index (χ1n) is 7.40. The number of aromatic nitrogens is 2. The van der Waals surface area contributed by atoms with Crippen molar-refractivity contribution < 1.29 is 27.1 Å². The zero-order chi connectivity index (χ0) is 17.3. The number of carbonyl (C=O) groups excluding carboxylic acids is 1. The molecule has 1 aromatic rings. The summed E-state index contributed by atoms with van der Waals surface area (Å²) in [5, 5.41) is 7.14. The second kappa shape index (κ2) is 6.37. The minimum Gasteiger partial charge on any atom is -0.444 e. The van der Waals surface area contributed by atoms with E-state index in [0.29, 0.717) is 25.9 Å². The molecule has 1 aliphatic heterocycles. The van der Waals surface area contributed by atoms with E-state index in [-0.39, 0.29) is 17.9 Å². The van der Waals surface area contributed by atoms with Gasteiger partial charge in [-0.15, -0.1) is 10.2 Å². The molecular formula is C14H20F3N3O3. The molecule has 1 saturated heterocycles. The van der Waals surface area contributed by atoms with Gasteiger partial charge in [-0.2, -0.15) is 13.2 Å². The lowest BCUT2D eigenvalue weighted by Gasteiger charge is -2.32. The molecule has 1 aromatic heterocycles. The summed E-state index contributed by atoms with van der Waals surface area (Å²) < 4.78 is 47.2. The van der Waals surface area contributed by atoms with Gasteiger partial charge >= 0.3 is 12.3 Å². The Morgan fingerprint density at radius 3 is 2.39 bits per heavy atom. The van der Waals surface area contributed by atoms with Crippen LogP contribution in [-0.4, -0.2) is 46.1 Å². The fourth-order valence-corrected chi connectivity index (χ4v) is 2.31. The van der Waals surface area contributed by atoms with Gasteiger partial charge in [0.05, 0.1) is 0 Å². The number of alkyl halides is 3. The van der Waals surface area contributed by atoms with Gasteiger partial charge in [0.25, 0.3) is 0 Å². The van der Waals surface area contributed by atoms with Gasteiger partial charge in [-0.05, 0) is 33.6 Å². The van der Waals surface area contributed by atoms with E-state index in [2.05, 4.69) is 10.2 Å². The normalized spacial score (nSPS) is 17.4. The molecule has 0 N–H and O–H groups in total. The lowest BCUT2D eigenvalue weighted by atomic mass is 9.97. The molecule has 0 saturated carbocycles. The van der Waals surface area contributed by atoms with Crippen LogP contribution in [0.2, 0.25) is 0 Å². The van der Waals surface area contributed by atoms with Crippen molar-refractivity contribution in [2.45, 2.75) is 57.7 Å². The molecule has 23 heavy (non-hydrogen) atoms. The van der Waals surface area contributed by atoms with Crippen LogP contribution < -0.4 is 0 Å². The van der Waals surface area contributed by atoms with Crippen molar-refractivity contribution in [3.05, 3.63) is 11.8 Å². The monoisotopic (exact) mass is 335 g/mol. The molecule has 2 rings (SSSR count). The van der Waals surface area contributed by atoms with E-state index in [4.69, 9.17) is 9.15 Å². The Morgan fingerprint density at radius 2 is 1.87 bits per heavy atom. The van der Waals surface area contributed by atoms with Crippen LogP contribution in [0.15, 0.2) is 4.42 Å². The summed E-state index contributed by atoms with van der Waals surface area (Å²) in [4.78, 5) is 13.5. The van der Waals surface area contributed by atoms with Crippen LogP contribution >= 0.6 is 0 Å². The van der Waals surface area contributed by atoms with Crippen molar-refractivity contribution in [3.63, 3.8) is 0 Å². The van der Waals surface area contributed by atoms with Gasteiger partial charge in [0.2, 0.25) is 11.8 Å². The quantitative estimate of drug-likeness (QED) is 0.829. The molecule has 9 heteroatoms. The fourth-order valence-electron chi connectivity index (χ4n) is 2.31. The number of rotatable bonds is 2. The van der Waals surface area contributed by atoms with Crippen LogP contribution in [0.1, 0.15) is 51.3 Å². The van der Waals surface area contributed by atoms with Crippen LogP contribution in [0.3, 0.4) is 0 Å². The Labute approximate surface area is 132 Å². The molecule has 0 aromatic carbocycles. The van der Waals surface area contributed by atoms with E-state index in [1.54, 1.807) is 25.7 Å². The Bertz CT molecular complexity index is 543. The molecule has 6 nitrogen and oxygen atoms in total. The van der Waals surface area contributed by atoms with Gasteiger partial charge in [0.1, 0.15) is 12.0 Å². The molecule has 1 fully saturated rings. The number of carbonyl (C=O) groups is 1. The van der Waals surface area contributed by atoms with Crippen molar-refractivity contribution in [3.8, 4) is 0 Å². The van der Waals surface area contributed by atoms with Crippen LogP contribution in [0, 0.1) is 0 Å². The third kappa shape index (κ3) is 5.40. The van der Waals surface area contributed by atoms with E-state index in [1.807, 2.05) is 0 Å². The van der Waals surface area contributed by atoms with E-state index < -0.39 is 24.1 Å². The summed E-state index contributed by atoms with van der Waals surface area (Å²) >= 11 is 0. The minimum atomic E-state index is -4.37. The van der Waals surface area contributed by atoms with E-state index in [1.165, 1.54) is 0 Å². The number of likely N-dealkylation sites (tertiary alicyclic amines) is 1. The van der Waals surface area contributed by atoms with Crippen LogP contribution in [0.5, 0.6) is 0 Å². The van der Waals surface area contributed by atoms with Crippen molar-refractivity contribution in [2.75, 3.05) is 13.1 Å². The van der Waals surface area contributed by atoms with Crippen LogP contribution in [0.4, 0.5) is 18.0 Å². The van der Waals surface area contributed by atoms with Crippen LogP contribution in [-0.2, 0) is 11.2 Å². The molecule has 1 amide bonds. The highest BCUT2D eigenvalue weighted by molar-refractivity contribution is 5.68. The van der Waals surface area contributed by atoms with Gasteiger partial charge in [-0.1, -0.05) is 0 Å². The third-order valence-electron chi connectivity index (χ3n) is 3.33. The maximum absolute atomic E-state index is 12.3. The third-order valence-corrected chi connectivity index (χ3v) is 3.33. The first-order chi connectivity index (χ1) is 10.5. The Kier molecular flexibility index (Phi) is 4.86. The van der Waals surface area contributed by atoms with Crippen molar-refractivity contribution >= 4 is 6.09 Å². The second-order valence-corrected chi connectivity index (χ2v) is 6.57. The molecule has 0 unspecified atom stereocenters. The van der Waals surface area contributed by atoms with Crippen molar-refractivity contribution in [2.24, 2.45) is 0 Å². The number of nitrogens with zero attached hydrogens (tertiary/aromatic N) is 3. The maximum atomic E-state index is 12.3. The topological polar surface area (TPSA) is 68.5 Å². The highest BCUT2D eigenvalue weighted by Crippen LogP contribution is 2.29. The van der Waals surface area contributed by atoms with Crippen molar-refractivity contribution in [1.82, 2.24) is 15.1 Å². The van der Waals surface area contributed by atoms with Gasteiger partial charge in [0, 0.05) is 19.0 Å². The molecular weight excluding hydrogens is 315 g/mol. The Hall–Kier alpha value is -1.80. The molecule has 0 atom stereocenters. The molecule has 0 radical (unpaired) electrons. The molecule has 0 bridgehead atoms. The van der Waals surface area contributed by atoms with Gasteiger partial charge in [-0.25, -0.2) is 4.79 Å². The first kappa shape index (κ1) is 17.6. The number of hydrogen-bond acceptors (Lipinski definition) is 5.